The van der Waals surface area contributed by atoms with E-state index in [9.17, 15) is 9.59 Å². The van der Waals surface area contributed by atoms with E-state index in [4.69, 9.17) is 16.2 Å². The fourth-order valence-electron chi connectivity index (χ4n) is 2.97. The largest absolute Gasteiger partial charge is 0.481 e. The Morgan fingerprint density at radius 3 is 2.78 bits per heavy atom. The summed E-state index contributed by atoms with van der Waals surface area (Å²) in [5.74, 6) is 0.0939. The quantitative estimate of drug-likeness (QED) is 0.508. The predicted octanol–water partition coefficient (Wildman–Crippen LogP) is 1.70. The van der Waals surface area contributed by atoms with Gasteiger partial charge in [-0.1, -0.05) is 24.3 Å². The third kappa shape index (κ3) is 2.77. The zero-order valence-electron chi connectivity index (χ0n) is 14.5. The van der Waals surface area contributed by atoms with Crippen molar-refractivity contribution in [2.45, 2.75) is 13.0 Å². The molecule has 8 nitrogen and oxygen atoms in total. The molecule has 1 atom stereocenters. The van der Waals surface area contributed by atoms with Gasteiger partial charge in [0.15, 0.2) is 6.10 Å². The second-order valence-corrected chi connectivity index (χ2v) is 6.18. The SMILES string of the molecule is CC(Oc1cccc(-n2nc3c(c2N)c(=O)[nH]c2ccccc23)c1)C(N)=O. The molecule has 0 radical (unpaired) electrons. The van der Waals surface area contributed by atoms with Crippen molar-refractivity contribution in [2.75, 3.05) is 5.73 Å². The van der Waals surface area contributed by atoms with E-state index >= 15 is 0 Å². The summed E-state index contributed by atoms with van der Waals surface area (Å²) in [7, 11) is 0. The van der Waals surface area contributed by atoms with Crippen LogP contribution in [0.2, 0.25) is 0 Å². The number of nitrogens with one attached hydrogen (secondary N) is 1. The first-order chi connectivity index (χ1) is 13.0. The lowest BCUT2D eigenvalue weighted by molar-refractivity contribution is -0.123. The van der Waals surface area contributed by atoms with E-state index in [1.807, 2.05) is 24.3 Å². The number of nitrogens with two attached hydrogens (primary N) is 2. The number of aromatic amines is 1. The number of nitrogen functional groups attached to an aromatic ring is 1. The Hall–Kier alpha value is -3.81. The highest BCUT2D eigenvalue weighted by atomic mass is 16.5. The molecule has 0 spiro atoms. The highest BCUT2D eigenvalue weighted by molar-refractivity contribution is 6.06. The van der Waals surface area contributed by atoms with Gasteiger partial charge in [0.05, 0.1) is 11.2 Å². The molecule has 5 N–H and O–H groups in total. The van der Waals surface area contributed by atoms with E-state index in [0.717, 1.165) is 5.39 Å². The van der Waals surface area contributed by atoms with Crippen LogP contribution in [0.25, 0.3) is 27.5 Å². The van der Waals surface area contributed by atoms with Gasteiger partial charge >= 0.3 is 0 Å². The van der Waals surface area contributed by atoms with Gasteiger partial charge in [0.1, 0.15) is 22.5 Å². The van der Waals surface area contributed by atoms with E-state index < -0.39 is 12.0 Å². The lowest BCUT2D eigenvalue weighted by Gasteiger charge is -2.12. The van der Waals surface area contributed by atoms with Crippen molar-refractivity contribution in [3.05, 3.63) is 58.9 Å². The molecule has 0 saturated carbocycles. The van der Waals surface area contributed by atoms with Crippen LogP contribution in [-0.2, 0) is 4.79 Å². The van der Waals surface area contributed by atoms with Gasteiger partial charge in [-0.3, -0.25) is 9.59 Å². The first-order valence-corrected chi connectivity index (χ1v) is 8.31. The molecule has 136 valence electrons. The molecule has 4 rings (SSSR count). The third-order valence-electron chi connectivity index (χ3n) is 4.35. The minimum absolute atomic E-state index is 0.220. The fourth-order valence-corrected chi connectivity index (χ4v) is 2.97. The molecule has 2 heterocycles. The standard InChI is InChI=1S/C19H17N5O3/c1-10(18(21)25)27-12-6-4-5-11(9-12)24-17(20)15-16(23-24)13-7-2-3-8-14(13)22-19(15)26/h2-10H,20H2,1H3,(H2,21,25)(H,22,26). The second-order valence-electron chi connectivity index (χ2n) is 6.18. The van der Waals surface area contributed by atoms with Crippen molar-refractivity contribution in [1.82, 2.24) is 14.8 Å². The van der Waals surface area contributed by atoms with Crippen LogP contribution in [0.4, 0.5) is 5.82 Å². The molecule has 0 fully saturated rings. The Bertz CT molecular complexity index is 1240. The van der Waals surface area contributed by atoms with Crippen molar-refractivity contribution >= 4 is 33.5 Å². The number of H-pyrrole nitrogens is 1. The Labute approximate surface area is 153 Å². The summed E-state index contributed by atoms with van der Waals surface area (Å²) >= 11 is 0. The summed E-state index contributed by atoms with van der Waals surface area (Å²) in [5, 5.41) is 5.67. The number of hydrogen-bond acceptors (Lipinski definition) is 5. The summed E-state index contributed by atoms with van der Waals surface area (Å²) in [6.45, 7) is 1.57. The minimum atomic E-state index is -0.777. The molecule has 4 aromatic rings. The zero-order chi connectivity index (χ0) is 19.1. The number of rotatable bonds is 4. The van der Waals surface area contributed by atoms with Crippen LogP contribution < -0.4 is 21.8 Å². The number of carbonyl (C=O) groups excluding carboxylic acids is 1. The lowest BCUT2D eigenvalue weighted by atomic mass is 10.1. The number of fused-ring (bicyclic) bond motifs is 3. The molecule has 0 aliphatic heterocycles. The number of carbonyl (C=O) groups is 1. The molecule has 1 unspecified atom stereocenters. The Morgan fingerprint density at radius 1 is 1.22 bits per heavy atom. The van der Waals surface area contributed by atoms with E-state index in [-0.39, 0.29) is 11.4 Å². The van der Waals surface area contributed by atoms with Gasteiger partial charge < -0.3 is 21.2 Å². The maximum absolute atomic E-state index is 12.5. The number of pyridine rings is 1. The van der Waals surface area contributed by atoms with Gasteiger partial charge in [0, 0.05) is 11.5 Å². The van der Waals surface area contributed by atoms with Gasteiger partial charge in [-0.15, -0.1) is 0 Å². The van der Waals surface area contributed by atoms with Crippen LogP contribution in [0, 0.1) is 0 Å². The highest BCUT2D eigenvalue weighted by Gasteiger charge is 2.17. The van der Waals surface area contributed by atoms with Crippen LogP contribution in [0.5, 0.6) is 5.75 Å². The van der Waals surface area contributed by atoms with Gasteiger partial charge in [0.25, 0.3) is 11.5 Å². The van der Waals surface area contributed by atoms with E-state index in [1.54, 1.807) is 31.2 Å². The molecule has 0 bridgehead atoms. The van der Waals surface area contributed by atoms with E-state index in [2.05, 4.69) is 10.1 Å². The molecule has 2 aromatic heterocycles. The van der Waals surface area contributed by atoms with Crippen molar-refractivity contribution in [2.24, 2.45) is 5.73 Å². The van der Waals surface area contributed by atoms with Crippen LogP contribution in [0.3, 0.4) is 0 Å². The highest BCUT2D eigenvalue weighted by Crippen LogP contribution is 2.27. The summed E-state index contributed by atoms with van der Waals surface area (Å²) in [6, 6.07) is 14.3. The zero-order valence-corrected chi connectivity index (χ0v) is 14.5. The topological polar surface area (TPSA) is 129 Å². The molecule has 27 heavy (non-hydrogen) atoms. The smallest absolute Gasteiger partial charge is 0.261 e. The first kappa shape index (κ1) is 16.6. The minimum Gasteiger partial charge on any atom is -0.481 e. The number of ether oxygens (including phenoxy) is 1. The number of para-hydroxylation sites is 1. The van der Waals surface area contributed by atoms with Crippen LogP contribution in [-0.4, -0.2) is 26.8 Å². The van der Waals surface area contributed by atoms with E-state index in [1.165, 1.54) is 4.68 Å². The average Bonchev–Trinajstić information content (AvgIpc) is 3.00. The fraction of sp³-hybridized carbons (Fsp3) is 0.105. The summed E-state index contributed by atoms with van der Waals surface area (Å²) in [6.07, 6.45) is -0.777. The van der Waals surface area contributed by atoms with Crippen molar-refractivity contribution in [3.63, 3.8) is 0 Å². The summed E-state index contributed by atoms with van der Waals surface area (Å²) in [5.41, 5.74) is 13.0. The van der Waals surface area contributed by atoms with Gasteiger partial charge in [-0.05, 0) is 25.1 Å². The number of aromatic nitrogens is 3. The van der Waals surface area contributed by atoms with Crippen molar-refractivity contribution < 1.29 is 9.53 Å². The van der Waals surface area contributed by atoms with E-state index in [0.29, 0.717) is 27.9 Å². The molecule has 0 saturated heterocycles. The van der Waals surface area contributed by atoms with Crippen LogP contribution in [0.15, 0.2) is 53.3 Å². The first-order valence-electron chi connectivity index (χ1n) is 8.31. The van der Waals surface area contributed by atoms with Gasteiger partial charge in [0.2, 0.25) is 0 Å². The normalized spacial score (nSPS) is 12.3. The summed E-state index contributed by atoms with van der Waals surface area (Å²) in [4.78, 5) is 26.5. The summed E-state index contributed by atoms with van der Waals surface area (Å²) < 4.78 is 7.00. The third-order valence-corrected chi connectivity index (χ3v) is 4.35. The molecule has 0 aliphatic rings. The maximum Gasteiger partial charge on any atom is 0.261 e. The number of hydrogen-bond donors (Lipinski definition) is 3. The Morgan fingerprint density at radius 2 is 2.00 bits per heavy atom. The van der Waals surface area contributed by atoms with Gasteiger partial charge in [-0.25, -0.2) is 4.68 Å². The van der Waals surface area contributed by atoms with Crippen LogP contribution in [0.1, 0.15) is 6.92 Å². The Balaban J connectivity index is 1.89. The van der Waals surface area contributed by atoms with Gasteiger partial charge in [-0.2, -0.15) is 5.10 Å². The number of primary amides is 1. The number of nitrogens with zero attached hydrogens (tertiary/aromatic N) is 2. The molecule has 2 aromatic carbocycles. The van der Waals surface area contributed by atoms with Crippen molar-refractivity contribution in [3.8, 4) is 11.4 Å². The maximum atomic E-state index is 12.5. The number of amides is 1. The van der Waals surface area contributed by atoms with Crippen LogP contribution >= 0.6 is 0 Å². The monoisotopic (exact) mass is 363 g/mol. The molecular weight excluding hydrogens is 346 g/mol. The molecule has 0 aliphatic carbocycles. The Kier molecular flexibility index (Phi) is 3.80. The molecular formula is C19H17N5O3. The second kappa shape index (κ2) is 6.17. The number of benzene rings is 2. The van der Waals surface area contributed by atoms with Crippen molar-refractivity contribution in [1.29, 1.82) is 0 Å². The average molecular weight is 363 g/mol. The lowest BCUT2D eigenvalue weighted by Crippen LogP contribution is -2.30. The number of anilines is 1. The molecule has 1 amide bonds. The predicted molar refractivity (Wildman–Crippen MR) is 103 cm³/mol. The molecule has 8 heteroatoms.